The van der Waals surface area contributed by atoms with E-state index in [-0.39, 0.29) is 23.8 Å². The van der Waals surface area contributed by atoms with Crippen LogP contribution in [0.15, 0.2) is 24.3 Å². The van der Waals surface area contributed by atoms with Crippen LogP contribution < -0.4 is 16.4 Å². The van der Waals surface area contributed by atoms with Crippen LogP contribution in [0.5, 0.6) is 0 Å². The van der Waals surface area contributed by atoms with Gasteiger partial charge in [0.2, 0.25) is 17.7 Å². The zero-order chi connectivity index (χ0) is 22.8. The molecule has 7 heteroatoms. The molecule has 3 amide bonds. The van der Waals surface area contributed by atoms with Crippen molar-refractivity contribution in [3.05, 3.63) is 35.4 Å². The van der Waals surface area contributed by atoms with E-state index in [9.17, 15) is 14.4 Å². The van der Waals surface area contributed by atoms with Crippen LogP contribution in [0.2, 0.25) is 0 Å². The zero-order valence-electron chi connectivity index (χ0n) is 19.1. The summed E-state index contributed by atoms with van der Waals surface area (Å²) in [5.74, 6) is -0.700. The molecular formula is C24H36N4O3. The van der Waals surface area contributed by atoms with Crippen molar-refractivity contribution in [1.29, 1.82) is 0 Å². The quantitative estimate of drug-likeness (QED) is 0.668. The van der Waals surface area contributed by atoms with Crippen molar-refractivity contribution >= 4 is 17.7 Å². The van der Waals surface area contributed by atoms with Gasteiger partial charge in [0.05, 0.1) is 12.1 Å². The number of nitrogens with one attached hydrogen (secondary N) is 2. The fraction of sp³-hybridized carbons (Fsp3) is 0.625. The molecule has 0 unspecified atom stereocenters. The lowest BCUT2D eigenvalue weighted by molar-refractivity contribution is -0.144. The molecule has 0 spiro atoms. The van der Waals surface area contributed by atoms with E-state index in [4.69, 9.17) is 5.73 Å². The molecule has 1 fully saturated rings. The summed E-state index contributed by atoms with van der Waals surface area (Å²) < 4.78 is 0. The molecule has 1 aromatic carbocycles. The highest BCUT2D eigenvalue weighted by Crippen LogP contribution is 2.31. The third-order valence-corrected chi connectivity index (χ3v) is 6.34. The largest absolute Gasteiger partial charge is 0.347 e. The van der Waals surface area contributed by atoms with Gasteiger partial charge in [-0.25, -0.2) is 0 Å². The molecule has 0 bridgehead atoms. The maximum Gasteiger partial charge on any atom is 0.246 e. The number of hydrogen-bond acceptors (Lipinski definition) is 4. The third-order valence-electron chi connectivity index (χ3n) is 6.34. The lowest BCUT2D eigenvalue weighted by Gasteiger charge is -2.36. The average Bonchev–Trinajstić information content (AvgIpc) is 3.20. The van der Waals surface area contributed by atoms with Gasteiger partial charge in [-0.2, -0.15) is 0 Å². The van der Waals surface area contributed by atoms with Gasteiger partial charge in [-0.1, -0.05) is 45.0 Å². The number of fused-ring (bicyclic) bond motifs is 1. The Morgan fingerprint density at radius 2 is 1.84 bits per heavy atom. The smallest absolute Gasteiger partial charge is 0.246 e. The van der Waals surface area contributed by atoms with Crippen molar-refractivity contribution in [2.24, 2.45) is 11.1 Å². The molecule has 1 heterocycles. The van der Waals surface area contributed by atoms with Crippen LogP contribution in [0.1, 0.15) is 70.5 Å². The molecule has 0 aromatic heterocycles. The second-order valence-corrected chi connectivity index (χ2v) is 9.94. The van der Waals surface area contributed by atoms with Crippen molar-refractivity contribution in [2.45, 2.75) is 84.0 Å². The minimum absolute atomic E-state index is 0.0220. The number of likely N-dealkylation sites (tertiary alicyclic amines) is 1. The molecule has 1 aliphatic carbocycles. The number of nitrogens with two attached hydrogens (primary N) is 1. The standard InChI is InChI=1S/C24H36N4O3/c1-15(25)21(29)27-20(24(2,3)4)23(31)28-14-8-13-19(28)22(30)26-18-12-7-10-16-9-5-6-11-17(16)18/h5-6,9,11,15,18-20H,7-8,10,12-14,25H2,1-4H3,(H,26,30)(H,27,29)/t15-,18+,19+,20-/m0/s1. The molecule has 2 aliphatic rings. The van der Waals surface area contributed by atoms with Crippen LogP contribution in [0, 0.1) is 5.41 Å². The first-order valence-corrected chi connectivity index (χ1v) is 11.3. The van der Waals surface area contributed by atoms with E-state index in [1.807, 2.05) is 32.9 Å². The molecule has 1 aliphatic heterocycles. The summed E-state index contributed by atoms with van der Waals surface area (Å²) in [6.45, 7) is 7.82. The Hall–Kier alpha value is -2.41. The molecule has 170 valence electrons. The van der Waals surface area contributed by atoms with Gasteiger partial charge in [0.15, 0.2) is 0 Å². The van der Waals surface area contributed by atoms with Crippen LogP contribution in [0.3, 0.4) is 0 Å². The first kappa shape index (κ1) is 23.3. The maximum absolute atomic E-state index is 13.4. The molecule has 1 saturated heterocycles. The number of nitrogens with zero attached hydrogens (tertiary/aromatic N) is 1. The average molecular weight is 429 g/mol. The maximum atomic E-state index is 13.4. The molecule has 7 nitrogen and oxygen atoms in total. The first-order valence-electron chi connectivity index (χ1n) is 11.3. The van der Waals surface area contributed by atoms with Gasteiger partial charge in [-0.05, 0) is 55.6 Å². The lowest BCUT2D eigenvalue weighted by Crippen LogP contribution is -2.59. The Kier molecular flexibility index (Phi) is 7.04. The van der Waals surface area contributed by atoms with Gasteiger partial charge >= 0.3 is 0 Å². The van der Waals surface area contributed by atoms with Crippen molar-refractivity contribution in [1.82, 2.24) is 15.5 Å². The van der Waals surface area contributed by atoms with E-state index in [0.29, 0.717) is 13.0 Å². The van der Waals surface area contributed by atoms with Crippen molar-refractivity contribution < 1.29 is 14.4 Å². The fourth-order valence-electron chi connectivity index (χ4n) is 4.56. The van der Waals surface area contributed by atoms with Crippen molar-refractivity contribution in [2.75, 3.05) is 6.54 Å². The van der Waals surface area contributed by atoms with Gasteiger partial charge in [-0.3, -0.25) is 14.4 Å². The van der Waals surface area contributed by atoms with E-state index >= 15 is 0 Å². The summed E-state index contributed by atoms with van der Waals surface area (Å²) in [5.41, 5.74) is 7.65. The van der Waals surface area contributed by atoms with Gasteiger partial charge in [0.1, 0.15) is 12.1 Å². The Bertz CT molecular complexity index is 830. The molecule has 31 heavy (non-hydrogen) atoms. The number of amides is 3. The number of aryl methyl sites for hydroxylation is 1. The van der Waals surface area contributed by atoms with E-state index < -0.39 is 23.5 Å². The van der Waals surface area contributed by atoms with E-state index in [0.717, 1.165) is 25.7 Å². The number of carbonyl (C=O) groups is 3. The Morgan fingerprint density at radius 3 is 2.52 bits per heavy atom. The number of benzene rings is 1. The monoisotopic (exact) mass is 428 g/mol. The highest BCUT2D eigenvalue weighted by atomic mass is 16.2. The second kappa shape index (κ2) is 9.39. The van der Waals surface area contributed by atoms with Crippen molar-refractivity contribution in [3.63, 3.8) is 0 Å². The topological polar surface area (TPSA) is 105 Å². The third kappa shape index (κ3) is 5.26. The predicted molar refractivity (Wildman–Crippen MR) is 120 cm³/mol. The summed E-state index contributed by atoms with van der Waals surface area (Å²) in [4.78, 5) is 40.5. The molecule has 3 rings (SSSR count). The summed E-state index contributed by atoms with van der Waals surface area (Å²) in [5, 5.41) is 6.00. The van der Waals surface area contributed by atoms with E-state index in [1.54, 1.807) is 11.8 Å². The Morgan fingerprint density at radius 1 is 1.13 bits per heavy atom. The second-order valence-electron chi connectivity index (χ2n) is 9.94. The minimum atomic E-state index is -0.741. The molecule has 1 aromatic rings. The van der Waals surface area contributed by atoms with Gasteiger partial charge in [0.25, 0.3) is 0 Å². The van der Waals surface area contributed by atoms with Crippen LogP contribution in [-0.2, 0) is 20.8 Å². The normalized spacial score (nSPS) is 22.9. The molecular weight excluding hydrogens is 392 g/mol. The first-order chi connectivity index (χ1) is 14.6. The van der Waals surface area contributed by atoms with E-state index in [1.165, 1.54) is 11.1 Å². The lowest BCUT2D eigenvalue weighted by atomic mass is 9.85. The number of rotatable bonds is 5. The zero-order valence-corrected chi connectivity index (χ0v) is 19.1. The summed E-state index contributed by atoms with van der Waals surface area (Å²) in [6.07, 6.45) is 4.36. The molecule has 0 radical (unpaired) electrons. The van der Waals surface area contributed by atoms with Crippen LogP contribution >= 0.6 is 0 Å². The SMILES string of the molecule is C[C@H](N)C(=O)N[C@@H](C(=O)N1CCC[C@@H]1C(=O)N[C@@H]1CCCc2ccccc21)C(C)(C)C. The fourth-order valence-corrected chi connectivity index (χ4v) is 4.56. The summed E-state index contributed by atoms with van der Waals surface area (Å²) in [6, 6.07) is 6.25. The number of hydrogen-bond donors (Lipinski definition) is 3. The van der Waals surface area contributed by atoms with E-state index in [2.05, 4.69) is 22.8 Å². The highest BCUT2D eigenvalue weighted by Gasteiger charge is 2.42. The van der Waals surface area contributed by atoms with Gasteiger partial charge < -0.3 is 21.3 Å². The van der Waals surface area contributed by atoms with Crippen molar-refractivity contribution in [3.8, 4) is 0 Å². The highest BCUT2D eigenvalue weighted by molar-refractivity contribution is 5.94. The Balaban J connectivity index is 1.74. The summed E-state index contributed by atoms with van der Waals surface area (Å²) in [7, 11) is 0. The van der Waals surface area contributed by atoms with Crippen LogP contribution in [0.4, 0.5) is 0 Å². The van der Waals surface area contributed by atoms with Crippen LogP contribution in [0.25, 0.3) is 0 Å². The van der Waals surface area contributed by atoms with Gasteiger partial charge in [-0.15, -0.1) is 0 Å². The minimum Gasteiger partial charge on any atom is -0.347 e. The Labute approximate surface area is 185 Å². The molecule has 4 atom stereocenters. The predicted octanol–water partition coefficient (Wildman–Crippen LogP) is 2.05. The number of carbonyl (C=O) groups excluding carboxylic acids is 3. The van der Waals surface area contributed by atoms with Crippen LogP contribution in [-0.4, -0.2) is 47.3 Å². The molecule has 4 N–H and O–H groups in total. The van der Waals surface area contributed by atoms with Gasteiger partial charge in [0, 0.05) is 6.54 Å². The summed E-state index contributed by atoms with van der Waals surface area (Å²) >= 11 is 0. The molecule has 0 saturated carbocycles.